The Kier molecular flexibility index (Phi) is 61.3. The molecule has 0 fully saturated rings. The Bertz CT molecular complexity index is 1560. The zero-order valence-electron chi connectivity index (χ0n) is 50.4. The van der Waals surface area contributed by atoms with Crippen LogP contribution in [0.1, 0.15) is 303 Å². The first-order valence-electron chi connectivity index (χ1n) is 32.4. The lowest BCUT2D eigenvalue weighted by molar-refractivity contribution is -0.166. The summed E-state index contributed by atoms with van der Waals surface area (Å²) in [4.78, 5) is 38.2. The molecule has 0 aliphatic heterocycles. The summed E-state index contributed by atoms with van der Waals surface area (Å²) in [6.45, 7) is 6.43. The Morgan fingerprint density at radius 1 is 0.273 bits per heavy atom. The van der Waals surface area contributed by atoms with Crippen LogP contribution in [-0.4, -0.2) is 37.2 Å². The topological polar surface area (TPSA) is 78.9 Å². The Balaban J connectivity index is 4.33. The van der Waals surface area contributed by atoms with Crippen molar-refractivity contribution in [2.45, 2.75) is 309 Å². The van der Waals surface area contributed by atoms with Gasteiger partial charge in [0.05, 0.1) is 0 Å². The third-order valence-electron chi connectivity index (χ3n) is 13.7. The van der Waals surface area contributed by atoms with Crippen LogP contribution in [0.2, 0.25) is 0 Å². The number of esters is 3. The van der Waals surface area contributed by atoms with Crippen LogP contribution in [0, 0.1) is 0 Å². The minimum atomic E-state index is -0.816. The first-order chi connectivity index (χ1) is 38.0. The number of allylic oxidation sites excluding steroid dienone is 18. The van der Waals surface area contributed by atoms with E-state index in [1.807, 2.05) is 6.08 Å². The van der Waals surface area contributed by atoms with Crippen LogP contribution in [0.25, 0.3) is 0 Å². The quantitative estimate of drug-likeness (QED) is 0.0261. The molecule has 6 heteroatoms. The van der Waals surface area contributed by atoms with Crippen molar-refractivity contribution in [2.75, 3.05) is 13.2 Å². The molecular weight excluding hydrogens is 949 g/mol. The molecule has 0 heterocycles. The molecule has 0 saturated heterocycles. The molecule has 1 unspecified atom stereocenters. The number of carbonyl (C=O) groups excluding carboxylic acids is 3. The van der Waals surface area contributed by atoms with Crippen LogP contribution in [-0.2, 0) is 28.6 Å². The van der Waals surface area contributed by atoms with Gasteiger partial charge in [0.2, 0.25) is 0 Å². The van der Waals surface area contributed by atoms with Crippen molar-refractivity contribution in [3.8, 4) is 0 Å². The van der Waals surface area contributed by atoms with Gasteiger partial charge in [0.1, 0.15) is 13.2 Å². The Hall–Kier alpha value is -3.93. The highest BCUT2D eigenvalue weighted by molar-refractivity contribution is 5.71. The van der Waals surface area contributed by atoms with Gasteiger partial charge in [-0.25, -0.2) is 0 Å². The average molecular weight is 1070 g/mol. The van der Waals surface area contributed by atoms with E-state index in [0.29, 0.717) is 19.3 Å². The summed E-state index contributed by atoms with van der Waals surface area (Å²) < 4.78 is 16.8. The number of carbonyl (C=O) groups is 3. The zero-order valence-corrected chi connectivity index (χ0v) is 50.4. The van der Waals surface area contributed by atoms with Gasteiger partial charge in [-0.1, -0.05) is 278 Å². The second-order valence-corrected chi connectivity index (χ2v) is 21.3. The molecule has 0 rings (SSSR count). The van der Waals surface area contributed by atoms with Crippen molar-refractivity contribution in [2.24, 2.45) is 0 Å². The third kappa shape index (κ3) is 62.8. The molecule has 1 atom stereocenters. The molecule has 0 saturated carbocycles. The van der Waals surface area contributed by atoms with Crippen LogP contribution < -0.4 is 0 Å². The van der Waals surface area contributed by atoms with E-state index in [9.17, 15) is 14.4 Å². The predicted molar refractivity (Wildman–Crippen MR) is 334 cm³/mol. The largest absolute Gasteiger partial charge is 0.462 e. The average Bonchev–Trinajstić information content (AvgIpc) is 3.43. The number of hydrogen-bond donors (Lipinski definition) is 0. The van der Waals surface area contributed by atoms with Gasteiger partial charge in [-0.3, -0.25) is 14.4 Å². The highest BCUT2D eigenvalue weighted by Gasteiger charge is 2.19. The number of hydrogen-bond acceptors (Lipinski definition) is 6. The molecule has 0 N–H and O–H groups in total. The van der Waals surface area contributed by atoms with Gasteiger partial charge in [0, 0.05) is 19.3 Å². The third-order valence-corrected chi connectivity index (χ3v) is 13.7. The molecule has 0 aliphatic rings. The molecule has 0 amide bonds. The van der Waals surface area contributed by atoms with Gasteiger partial charge in [-0.2, -0.15) is 0 Å². The van der Waals surface area contributed by atoms with Crippen LogP contribution in [0.5, 0.6) is 0 Å². The molecule has 0 radical (unpaired) electrons. The summed E-state index contributed by atoms with van der Waals surface area (Å²) in [5.74, 6) is -0.997. The normalized spacial score (nSPS) is 12.8. The molecule has 0 aromatic rings. The minimum Gasteiger partial charge on any atom is -0.462 e. The highest BCUT2D eigenvalue weighted by Crippen LogP contribution is 2.16. The molecule has 77 heavy (non-hydrogen) atoms. The van der Waals surface area contributed by atoms with Crippen molar-refractivity contribution < 1.29 is 28.6 Å². The van der Waals surface area contributed by atoms with Gasteiger partial charge in [0.15, 0.2) is 6.10 Å². The van der Waals surface area contributed by atoms with Crippen LogP contribution >= 0.6 is 0 Å². The van der Waals surface area contributed by atoms with Crippen LogP contribution in [0.4, 0.5) is 0 Å². The fourth-order valence-corrected chi connectivity index (χ4v) is 8.91. The standard InChI is InChI=1S/C71H120O6/c1-4-7-10-13-16-19-22-25-27-29-31-32-33-34-35-36-37-38-40-41-43-46-49-52-55-58-61-64-70(73)76-67-68(66-75-69(72)63-60-57-54-51-48-45-24-21-18-15-12-9-6-3)77-71(74)65-62-59-56-53-50-47-44-42-39-30-28-26-23-20-17-14-11-8-5-2/h9,12,17-18,20-22,25-26,28-29,31,39,42,45,48,54,57,68H,4-8,10-11,13-16,19,23-24,27,30,32-38,40-41,43-44,46-47,49-53,55-56,58-67H2,1-3H3/b12-9-,20-17-,21-18-,25-22-,28-26-,31-29-,42-39-,48-45-,57-54-. The second-order valence-electron chi connectivity index (χ2n) is 21.3. The first kappa shape index (κ1) is 73.1. The van der Waals surface area contributed by atoms with E-state index in [2.05, 4.69) is 124 Å². The van der Waals surface area contributed by atoms with Crippen molar-refractivity contribution in [1.82, 2.24) is 0 Å². The molecule has 0 spiro atoms. The molecule has 0 aliphatic carbocycles. The summed E-state index contributed by atoms with van der Waals surface area (Å²) in [6, 6.07) is 0. The summed E-state index contributed by atoms with van der Waals surface area (Å²) in [7, 11) is 0. The summed E-state index contributed by atoms with van der Waals surface area (Å²) >= 11 is 0. The number of rotatable bonds is 58. The highest BCUT2D eigenvalue weighted by atomic mass is 16.6. The lowest BCUT2D eigenvalue weighted by atomic mass is 10.0. The van der Waals surface area contributed by atoms with E-state index in [1.165, 1.54) is 161 Å². The van der Waals surface area contributed by atoms with E-state index >= 15 is 0 Å². The molecule has 0 bridgehead atoms. The SMILES string of the molecule is CC/C=C\C/C=C\C/C=C\C/C=C\CCC(=O)OCC(COC(=O)CCCCCCCCCCCCCCCCC/C=C\C/C=C\CCCCCCC)OC(=O)CCCCCCCC/C=C\C/C=C\C/C=C\CCCCC. The number of unbranched alkanes of at least 4 members (excludes halogenated alkanes) is 29. The monoisotopic (exact) mass is 1070 g/mol. The lowest BCUT2D eigenvalue weighted by Crippen LogP contribution is -2.30. The van der Waals surface area contributed by atoms with E-state index in [1.54, 1.807) is 0 Å². The van der Waals surface area contributed by atoms with Gasteiger partial charge in [0.25, 0.3) is 0 Å². The predicted octanol–water partition coefficient (Wildman–Crippen LogP) is 22.2. The molecule has 0 aromatic heterocycles. The summed E-state index contributed by atoms with van der Waals surface area (Å²) in [5, 5.41) is 0. The van der Waals surface area contributed by atoms with Crippen LogP contribution in [0.15, 0.2) is 109 Å². The van der Waals surface area contributed by atoms with Gasteiger partial charge >= 0.3 is 17.9 Å². The van der Waals surface area contributed by atoms with Crippen molar-refractivity contribution >= 4 is 17.9 Å². The summed E-state index contributed by atoms with van der Waals surface area (Å²) in [6.07, 6.45) is 88.3. The first-order valence-corrected chi connectivity index (χ1v) is 32.4. The van der Waals surface area contributed by atoms with Crippen molar-refractivity contribution in [3.05, 3.63) is 109 Å². The van der Waals surface area contributed by atoms with E-state index in [-0.39, 0.29) is 37.5 Å². The van der Waals surface area contributed by atoms with Crippen molar-refractivity contribution in [3.63, 3.8) is 0 Å². The zero-order chi connectivity index (χ0) is 55.7. The fraction of sp³-hybridized carbons (Fsp3) is 0.704. The second kappa shape index (κ2) is 64.6. The van der Waals surface area contributed by atoms with Gasteiger partial charge < -0.3 is 14.2 Å². The molecule has 6 nitrogen and oxygen atoms in total. The molecule has 0 aromatic carbocycles. The summed E-state index contributed by atoms with van der Waals surface area (Å²) in [5.41, 5.74) is 0. The Morgan fingerprint density at radius 3 is 0.896 bits per heavy atom. The van der Waals surface area contributed by atoms with E-state index in [0.717, 1.165) is 96.3 Å². The van der Waals surface area contributed by atoms with E-state index in [4.69, 9.17) is 14.2 Å². The molecule has 440 valence electrons. The van der Waals surface area contributed by atoms with Crippen LogP contribution in [0.3, 0.4) is 0 Å². The van der Waals surface area contributed by atoms with Gasteiger partial charge in [-0.05, 0) is 116 Å². The maximum atomic E-state index is 12.9. The number of ether oxygens (including phenoxy) is 3. The maximum Gasteiger partial charge on any atom is 0.306 e. The van der Waals surface area contributed by atoms with Crippen molar-refractivity contribution in [1.29, 1.82) is 0 Å². The smallest absolute Gasteiger partial charge is 0.306 e. The maximum absolute atomic E-state index is 12.9. The Morgan fingerprint density at radius 2 is 0.532 bits per heavy atom. The fourth-order valence-electron chi connectivity index (χ4n) is 8.91. The molecular formula is C71H120O6. The lowest BCUT2D eigenvalue weighted by Gasteiger charge is -2.18. The van der Waals surface area contributed by atoms with E-state index < -0.39 is 6.10 Å². The van der Waals surface area contributed by atoms with Gasteiger partial charge in [-0.15, -0.1) is 0 Å². The Labute approximate surface area is 476 Å². The minimum absolute atomic E-state index is 0.106.